The molecule has 0 radical (unpaired) electrons. The second kappa shape index (κ2) is 74.7. The van der Waals surface area contributed by atoms with Crippen LogP contribution in [-0.4, -0.2) is 29.9 Å². The van der Waals surface area contributed by atoms with Gasteiger partial charge in [0.05, 0.1) is 0 Å². The van der Waals surface area contributed by atoms with Gasteiger partial charge in [-0.2, -0.15) is 23.2 Å². The van der Waals surface area contributed by atoms with E-state index in [0.717, 1.165) is 42.9 Å². The zero-order valence-corrected chi connectivity index (χ0v) is 115. The number of aryl methyl sites for hydroxylation is 4. The van der Waals surface area contributed by atoms with Gasteiger partial charge in [-0.3, -0.25) is 0 Å². The van der Waals surface area contributed by atoms with Crippen molar-refractivity contribution in [3.05, 3.63) is 284 Å². The Hall–Kier alpha value is -1.55. The van der Waals surface area contributed by atoms with Crippen LogP contribution >= 0.6 is 148 Å². The van der Waals surface area contributed by atoms with Crippen LogP contribution in [0.25, 0.3) is 0 Å². The third kappa shape index (κ3) is 66.2. The number of halogens is 7. The summed E-state index contributed by atoms with van der Waals surface area (Å²) in [4.78, 5) is 0.971. The molecule has 0 aliphatic rings. The molecule has 0 aliphatic carbocycles. The fourth-order valence-electron chi connectivity index (χ4n) is 18.2. The van der Waals surface area contributed by atoms with E-state index in [2.05, 4.69) is 582 Å². The van der Waals surface area contributed by atoms with Crippen molar-refractivity contribution in [2.45, 2.75) is 496 Å². The highest BCUT2D eigenvalue weighted by atomic mass is 127. The van der Waals surface area contributed by atoms with Crippen LogP contribution in [0.5, 0.6) is 0 Å². The standard InChI is InChI=1S/C34H45Br.2C24H33Br.C17H34.2C16H31Br.2C2H6BIS.2H2/c1-7-26-11-17-31(18-12-26)33(23-34(4,5)6)22-32(30-19-13-27(24-35)14-20-30)21-28(8-2)29-15-9-25(3)10-16-29;2*1-6-20(21-11-7-18(2)8-12-21)15-23(16-24(3,4)5)22-13-9-19(17-25)10-14-22;1-8-15(14-17(6,7)10-3)12-11-13-16(4,5)9-2;2*1-8-15(4,5)11-10-14(17)13(3)12-16(6,7)9-2;2*1-3(4)5-2;;/h9-20,28,32-33H,7-8,21-24H2,1-6H3;2*7-14,20,23H,6,15-17H2,1-5H3;12H,8-11,13-14H2,1-7H3;2*14H,3,8-12H2,1-2,4-7H3;2*1-2H3;2*1H/b;;;15-12+;;;;;;/i;;;;;;;;2*1+1. The summed E-state index contributed by atoms with van der Waals surface area (Å²) in [7, 11) is 0. The number of benzene rings is 7. The third-order valence-electron chi connectivity index (χ3n) is 30.9. The molecule has 0 spiro atoms. The molecule has 0 saturated heterocycles. The number of alkyl halides is 5. The van der Waals surface area contributed by atoms with Crippen LogP contribution in [-0.2, 0) is 22.4 Å². The molecule has 0 aliphatic heterocycles. The van der Waals surface area contributed by atoms with Crippen LogP contribution in [0.4, 0.5) is 0 Å². The fourth-order valence-corrected chi connectivity index (χ4v) is 20.1. The maximum atomic E-state index is 4.27. The Morgan fingerprint density at radius 2 is 0.534 bits per heavy atom. The normalized spacial score (nSPS) is 14.0. The highest BCUT2D eigenvalue weighted by Crippen LogP contribution is 2.47. The molecule has 7 rings (SSSR count). The number of hydrogen-bond acceptors (Lipinski definition) is 2. The second-order valence-corrected chi connectivity index (χ2v) is 62.7. The molecule has 146 heavy (non-hydrogen) atoms. The largest absolute Gasteiger partial charge is 0.277 e. The van der Waals surface area contributed by atoms with Gasteiger partial charge in [-0.05, 0) is 319 Å². The summed E-state index contributed by atoms with van der Waals surface area (Å²) in [6.07, 6.45) is 39.6. The molecule has 7 aromatic carbocycles. The van der Waals surface area contributed by atoms with Crippen molar-refractivity contribution < 1.29 is 2.85 Å². The van der Waals surface area contributed by atoms with E-state index < -0.39 is 0 Å². The average molecular weight is 2590 g/mol. The van der Waals surface area contributed by atoms with E-state index in [4.69, 9.17) is 0 Å². The lowest BCUT2D eigenvalue weighted by Gasteiger charge is -2.32. The zero-order chi connectivity index (χ0) is 112. The second-order valence-electron chi connectivity index (χ2n) is 51.1. The van der Waals surface area contributed by atoms with Crippen molar-refractivity contribution in [1.29, 1.82) is 0 Å². The first-order chi connectivity index (χ1) is 67.9. The molecule has 11 heteroatoms. The summed E-state index contributed by atoms with van der Waals surface area (Å²) in [6, 6.07) is 64.9. The van der Waals surface area contributed by atoms with Crippen molar-refractivity contribution in [1.82, 2.24) is 0 Å². The van der Waals surface area contributed by atoms with Crippen LogP contribution in [0.15, 0.2) is 206 Å². The molecule has 0 nitrogen and oxygen atoms in total. The van der Waals surface area contributed by atoms with Gasteiger partial charge in [0.1, 0.15) is 0 Å². The Balaban J connectivity index is -0.00000170. The molecule has 0 N–H and O–H groups in total. The molecule has 9 atom stereocenters. The van der Waals surface area contributed by atoms with E-state index in [1.807, 2.05) is 23.2 Å². The Kier molecular flexibility index (Phi) is 73.9. The first-order valence-electron chi connectivity index (χ1n) is 56.8. The Labute approximate surface area is 989 Å². The highest BCUT2D eigenvalue weighted by Gasteiger charge is 2.32. The lowest BCUT2D eigenvalue weighted by molar-refractivity contribution is 0.309. The smallest absolute Gasteiger partial charge is 0.199 e. The van der Waals surface area contributed by atoms with Crippen molar-refractivity contribution in [3.8, 4) is 0 Å². The molecule has 9 unspecified atom stereocenters. The number of allylic oxidation sites excluding steroid dienone is 4. The quantitative estimate of drug-likeness (QED) is 0.0161. The van der Waals surface area contributed by atoms with Gasteiger partial charge >= 0.3 is 0 Å². The molecular weight excluding hydrogens is 2360 g/mol. The first kappa shape index (κ1) is 144. The maximum absolute atomic E-state index is 4.27. The van der Waals surface area contributed by atoms with Crippen molar-refractivity contribution in [2.24, 2.45) is 48.7 Å². The zero-order valence-electron chi connectivity index (χ0n) is 101. The molecule has 830 valence electrons. The van der Waals surface area contributed by atoms with E-state index in [0.29, 0.717) is 99.8 Å². The first-order valence-corrected chi connectivity index (χ1v) is 67.1. The van der Waals surface area contributed by atoms with E-state index in [-0.39, 0.29) is 2.85 Å². The predicted octanol–water partition coefficient (Wildman–Crippen LogP) is 50.1. The summed E-state index contributed by atoms with van der Waals surface area (Å²) in [5.41, 5.74) is 28.0. The summed E-state index contributed by atoms with van der Waals surface area (Å²) >= 11 is 26.8. The van der Waals surface area contributed by atoms with Gasteiger partial charge in [0.25, 0.3) is 7.70 Å². The van der Waals surface area contributed by atoms with Crippen LogP contribution in [0, 0.1) is 69.5 Å². The summed E-state index contributed by atoms with van der Waals surface area (Å²) in [6.45, 7) is 94.2. The van der Waals surface area contributed by atoms with Gasteiger partial charge < -0.3 is 0 Å². The van der Waals surface area contributed by atoms with Crippen LogP contribution in [0.3, 0.4) is 0 Å². The van der Waals surface area contributed by atoms with Gasteiger partial charge in [-0.25, -0.2) is 0 Å². The van der Waals surface area contributed by atoms with Crippen LogP contribution < -0.4 is 0 Å². The molecular formula is C135H223B2Br5I2S2. The molecule has 0 aromatic heterocycles. The lowest BCUT2D eigenvalue weighted by Crippen LogP contribution is -2.17. The van der Waals surface area contributed by atoms with E-state index >= 15 is 0 Å². The van der Waals surface area contributed by atoms with Gasteiger partial charge in [0.15, 0.2) is 0 Å². The molecule has 0 heterocycles. The minimum atomic E-state index is 0. The summed E-state index contributed by atoms with van der Waals surface area (Å²) in [5, 5.41) is 2.77. The van der Waals surface area contributed by atoms with Gasteiger partial charge in [-0.1, -0.05) is 576 Å². The molecule has 7 aromatic rings. The molecule has 0 fully saturated rings. The topological polar surface area (TPSA) is 0 Å². The molecule has 0 saturated carbocycles. The van der Waals surface area contributed by atoms with Crippen molar-refractivity contribution in [3.63, 3.8) is 0 Å². The van der Waals surface area contributed by atoms with E-state index in [1.165, 1.54) is 243 Å². The van der Waals surface area contributed by atoms with Crippen LogP contribution in [0.2, 0.25) is 13.6 Å². The number of rotatable bonds is 51. The third-order valence-corrected chi connectivity index (χ3v) is 39.4. The van der Waals surface area contributed by atoms with Crippen LogP contribution in [0.1, 0.15) is 511 Å². The van der Waals surface area contributed by atoms with E-state index in [9.17, 15) is 0 Å². The molecule has 0 bridgehead atoms. The minimum absolute atomic E-state index is 0. The predicted molar refractivity (Wildman–Crippen MR) is 718 cm³/mol. The van der Waals surface area contributed by atoms with Gasteiger partial charge in [-0.15, -0.1) is 44.7 Å². The van der Waals surface area contributed by atoms with Gasteiger partial charge in [0.2, 0.25) is 0 Å². The Bertz CT molecular complexity index is 4380. The molecule has 0 amide bonds. The SMILES string of the molecule is C=C(CC(C)(C)CC)C(Br)CCC(C)(C)CC.C=C(CC(C)(C)CC)C(Br)CCC(C)(C)CC.CC/C(=C\CCC(C)(C)CC)CC(C)(C)CC.CCC(CC(CC(C)(C)C)c1ccc(CBr)cc1)c1ccc(C)cc1.CCC(CC(CC(C)(C)C)c1ccc(CBr)cc1)c1ccc(C)cc1.CCc1ccc(C(CC(CC(CC)c2ccc(C)cc2)c2ccc(CBr)cc2)CC(C)(C)C)cc1.CSB(C)I.CSB(C)I.[2HH].[2HH]. The monoisotopic (exact) mass is 2580 g/mol. The van der Waals surface area contributed by atoms with Crippen molar-refractivity contribution in [2.75, 3.05) is 12.5 Å². The minimum Gasteiger partial charge on any atom is -0.199 e. The summed E-state index contributed by atoms with van der Waals surface area (Å²) in [5.74, 6) is 4.13. The van der Waals surface area contributed by atoms with Crippen molar-refractivity contribution >= 4 is 155 Å². The summed E-state index contributed by atoms with van der Waals surface area (Å²) < 4.78 is 1.54. The maximum Gasteiger partial charge on any atom is 0.277 e. The average Bonchev–Trinajstić information content (AvgIpc) is 0.759. The Morgan fingerprint density at radius 3 is 0.753 bits per heavy atom. The Morgan fingerprint density at radius 1 is 0.322 bits per heavy atom. The highest BCUT2D eigenvalue weighted by molar-refractivity contribution is 14.1. The van der Waals surface area contributed by atoms with Gasteiger partial charge in [0, 0.05) is 28.5 Å². The lowest BCUT2D eigenvalue weighted by atomic mass is 9.73. The van der Waals surface area contributed by atoms with E-state index in [1.54, 1.807) is 5.57 Å². The fraction of sp³-hybridized carbons (Fsp3) is 0.644. The number of hydrogen-bond donors (Lipinski definition) is 0.